The number of aromatic nitrogens is 2. The first-order valence-electron chi connectivity index (χ1n) is 16.0. The van der Waals surface area contributed by atoms with Crippen LogP contribution in [0.15, 0.2) is 164 Å². The smallest absolute Gasteiger partial charge is 0.175 e. The van der Waals surface area contributed by atoms with Gasteiger partial charge in [0.15, 0.2) is 14.3 Å². The van der Waals surface area contributed by atoms with Crippen molar-refractivity contribution < 1.29 is 9.13 Å². The summed E-state index contributed by atoms with van der Waals surface area (Å²) in [5.41, 5.74) is 4.57. The van der Waals surface area contributed by atoms with Crippen LogP contribution in [0.5, 0.6) is 0 Å². The molecule has 2 heterocycles. The van der Waals surface area contributed by atoms with Crippen LogP contribution in [0.4, 0.5) is 0 Å². The van der Waals surface area contributed by atoms with Crippen molar-refractivity contribution in [1.82, 2.24) is 9.55 Å². The monoisotopic (exact) mass is 656 g/mol. The van der Waals surface area contributed by atoms with Gasteiger partial charge in [0, 0.05) is 31.8 Å². The highest BCUT2D eigenvalue weighted by atomic mass is 31.2. The lowest BCUT2D eigenvalue weighted by atomic mass is 10.1. The van der Waals surface area contributed by atoms with Crippen molar-refractivity contribution in [3.05, 3.63) is 170 Å². The number of hydrogen-bond acceptors (Lipinski definition) is 3. The number of para-hydroxylation sites is 1. The van der Waals surface area contributed by atoms with E-state index in [0.29, 0.717) is 0 Å². The predicted octanol–water partition coefficient (Wildman–Crippen LogP) is 7.75. The number of aryl methyl sites for hydroxylation is 1. The summed E-state index contributed by atoms with van der Waals surface area (Å²) in [5, 5.41) is 6.96. The Morgan fingerprint density at radius 1 is 0.562 bits per heavy atom. The van der Waals surface area contributed by atoms with Crippen molar-refractivity contribution in [2.45, 2.75) is 6.92 Å². The highest BCUT2D eigenvalue weighted by Gasteiger charge is 2.39. The molecule has 0 radical (unpaired) electrons. The van der Waals surface area contributed by atoms with Crippen LogP contribution in [-0.2, 0) is 9.13 Å². The minimum absolute atomic E-state index is 0.769. The van der Waals surface area contributed by atoms with E-state index in [0.717, 1.165) is 76.3 Å². The molecule has 6 heteroatoms. The van der Waals surface area contributed by atoms with Crippen molar-refractivity contribution >= 4 is 67.9 Å². The van der Waals surface area contributed by atoms with Gasteiger partial charge in [0.05, 0.1) is 16.7 Å². The quantitative estimate of drug-likeness (QED) is 0.178. The predicted molar refractivity (Wildman–Crippen MR) is 201 cm³/mol. The van der Waals surface area contributed by atoms with E-state index in [1.165, 1.54) is 0 Å². The van der Waals surface area contributed by atoms with E-state index in [9.17, 15) is 0 Å². The molecule has 2 unspecified atom stereocenters. The lowest BCUT2D eigenvalue weighted by Gasteiger charge is -2.29. The molecule has 0 amide bonds. The molecule has 2 atom stereocenters. The lowest BCUT2D eigenvalue weighted by molar-refractivity contribution is 0.591. The molecule has 0 N–H and O–H groups in total. The van der Waals surface area contributed by atoms with Gasteiger partial charge in [-0.05, 0) is 59.2 Å². The number of benzene rings is 7. The molecular formula is C42H30N2O2P2. The molecule has 1 aromatic heterocycles. The minimum atomic E-state index is -3.24. The summed E-state index contributed by atoms with van der Waals surface area (Å²) in [5.74, 6) is 0.862. The molecule has 9 rings (SSSR count). The van der Waals surface area contributed by atoms with E-state index in [2.05, 4.69) is 47.0 Å². The van der Waals surface area contributed by atoms with E-state index < -0.39 is 14.3 Å². The number of imidazole rings is 1. The zero-order chi connectivity index (χ0) is 32.5. The molecule has 0 spiro atoms. The Balaban J connectivity index is 1.20. The number of hydrogen-bond donors (Lipinski definition) is 0. The van der Waals surface area contributed by atoms with Gasteiger partial charge in [0.25, 0.3) is 0 Å². The van der Waals surface area contributed by atoms with Gasteiger partial charge in [-0.3, -0.25) is 4.57 Å². The van der Waals surface area contributed by atoms with Crippen LogP contribution in [-0.4, -0.2) is 9.55 Å². The summed E-state index contributed by atoms with van der Waals surface area (Å²) >= 11 is 0. The second-order valence-electron chi connectivity index (χ2n) is 12.3. The fourth-order valence-corrected chi connectivity index (χ4v) is 13.0. The summed E-state index contributed by atoms with van der Waals surface area (Å²) in [6.45, 7) is 2.00. The molecule has 7 aromatic carbocycles. The Hall–Kier alpha value is -5.27. The third kappa shape index (κ3) is 4.20. The van der Waals surface area contributed by atoms with E-state index in [1.807, 2.05) is 128 Å². The highest BCUT2D eigenvalue weighted by Crippen LogP contribution is 2.50. The third-order valence-electron chi connectivity index (χ3n) is 9.62. The van der Waals surface area contributed by atoms with Crippen molar-refractivity contribution in [2.24, 2.45) is 0 Å². The average Bonchev–Trinajstić information content (AvgIpc) is 3.50. The van der Waals surface area contributed by atoms with Crippen LogP contribution in [0.3, 0.4) is 0 Å². The summed E-state index contributed by atoms with van der Waals surface area (Å²) in [6, 6.07) is 54.1. The van der Waals surface area contributed by atoms with Crippen LogP contribution in [0.25, 0.3) is 38.6 Å². The van der Waals surface area contributed by atoms with Gasteiger partial charge in [0.2, 0.25) is 0 Å². The molecule has 4 nitrogen and oxygen atoms in total. The van der Waals surface area contributed by atoms with Gasteiger partial charge in [-0.2, -0.15) is 0 Å². The molecule has 48 heavy (non-hydrogen) atoms. The van der Waals surface area contributed by atoms with Crippen molar-refractivity contribution in [3.63, 3.8) is 0 Å². The Kier molecular flexibility index (Phi) is 6.56. The summed E-state index contributed by atoms with van der Waals surface area (Å²) in [6.07, 6.45) is 0. The maximum Gasteiger partial charge on any atom is 0.175 e. The Morgan fingerprint density at radius 2 is 1.21 bits per heavy atom. The van der Waals surface area contributed by atoms with Crippen molar-refractivity contribution in [3.8, 4) is 16.8 Å². The van der Waals surface area contributed by atoms with Crippen LogP contribution in [0.2, 0.25) is 0 Å². The number of rotatable bonds is 5. The zero-order valence-electron chi connectivity index (χ0n) is 26.2. The topological polar surface area (TPSA) is 52.0 Å². The van der Waals surface area contributed by atoms with Gasteiger partial charge < -0.3 is 9.13 Å². The molecule has 0 fully saturated rings. The lowest BCUT2D eigenvalue weighted by Crippen LogP contribution is -2.33. The van der Waals surface area contributed by atoms with E-state index in [4.69, 9.17) is 4.98 Å². The maximum atomic E-state index is 15.6. The SMILES string of the molecule is Cc1nc2cccc3c2n1-c1ccc(-c2ccc(P(=O)(c4ccccc4)c4ccc5ccccc5c4)cc2)cc1P3(=O)c1ccccc1. The van der Waals surface area contributed by atoms with Gasteiger partial charge in [-0.1, -0.05) is 133 Å². The van der Waals surface area contributed by atoms with Crippen LogP contribution < -0.4 is 31.8 Å². The van der Waals surface area contributed by atoms with Gasteiger partial charge in [-0.15, -0.1) is 0 Å². The van der Waals surface area contributed by atoms with Crippen molar-refractivity contribution in [2.75, 3.05) is 0 Å². The van der Waals surface area contributed by atoms with E-state index in [-0.39, 0.29) is 0 Å². The molecule has 0 saturated carbocycles. The highest BCUT2D eigenvalue weighted by molar-refractivity contribution is 7.86. The van der Waals surface area contributed by atoms with Crippen LogP contribution in [0, 0.1) is 6.92 Å². The molecule has 0 saturated heterocycles. The summed E-state index contributed by atoms with van der Waals surface area (Å²) in [7, 11) is -6.43. The van der Waals surface area contributed by atoms with E-state index in [1.54, 1.807) is 0 Å². The average molecular weight is 657 g/mol. The molecule has 0 aliphatic carbocycles. The Labute approximate surface area is 279 Å². The second kappa shape index (κ2) is 10.9. The molecular weight excluding hydrogens is 626 g/mol. The van der Waals surface area contributed by atoms with Gasteiger partial charge >= 0.3 is 0 Å². The second-order valence-corrected chi connectivity index (χ2v) is 17.8. The standard InChI is InChI=1S/C42H30N2O2P2/c1-29-43-38-17-10-18-40-42(38)44(29)39-26-22-33(28-41(39)48(40,46)35-15-6-3-7-16-35)31-19-23-36(24-20-31)47(45,34-13-4-2-5-14-34)37-25-21-30-11-8-9-12-32(30)27-37/h2-28H,1H3. The number of nitrogens with zero attached hydrogens (tertiary/aromatic N) is 2. The molecule has 0 bridgehead atoms. The largest absolute Gasteiger partial charge is 0.309 e. The van der Waals surface area contributed by atoms with Gasteiger partial charge in [-0.25, -0.2) is 4.98 Å². The molecule has 1 aliphatic rings. The first-order chi connectivity index (χ1) is 23.5. The molecule has 1 aliphatic heterocycles. The number of fused-ring (bicyclic) bond motifs is 3. The normalized spacial score (nSPS) is 16.4. The van der Waals surface area contributed by atoms with Gasteiger partial charge in [0.1, 0.15) is 5.82 Å². The third-order valence-corrected chi connectivity index (χ3v) is 15.8. The van der Waals surface area contributed by atoms with Crippen LogP contribution in [0.1, 0.15) is 5.82 Å². The molecule has 230 valence electrons. The first-order valence-corrected chi connectivity index (χ1v) is 19.4. The Bertz CT molecular complexity index is 2630. The zero-order valence-corrected chi connectivity index (χ0v) is 28.0. The van der Waals surface area contributed by atoms with Crippen molar-refractivity contribution in [1.29, 1.82) is 0 Å². The van der Waals surface area contributed by atoms with E-state index >= 15 is 9.13 Å². The molecule has 8 aromatic rings. The van der Waals surface area contributed by atoms with Crippen LogP contribution >= 0.6 is 14.3 Å². The Morgan fingerprint density at radius 3 is 1.98 bits per heavy atom. The first kappa shape index (κ1) is 28.9. The minimum Gasteiger partial charge on any atom is -0.309 e. The maximum absolute atomic E-state index is 15.6. The summed E-state index contributed by atoms with van der Waals surface area (Å²) in [4.78, 5) is 4.84. The fraction of sp³-hybridized carbons (Fsp3) is 0.0238. The fourth-order valence-electron chi connectivity index (χ4n) is 7.29. The summed E-state index contributed by atoms with van der Waals surface area (Å²) < 4.78 is 33.0.